The van der Waals surface area contributed by atoms with Gasteiger partial charge in [-0.2, -0.15) is 0 Å². The Labute approximate surface area is 137 Å². The summed E-state index contributed by atoms with van der Waals surface area (Å²) < 4.78 is 5.87. The van der Waals surface area contributed by atoms with Crippen LogP contribution in [0, 0.1) is 5.92 Å². The number of benzene rings is 1. The molecular weight excluding hydrogens is 292 g/mol. The van der Waals surface area contributed by atoms with Crippen molar-refractivity contribution < 1.29 is 14.3 Å². The average Bonchev–Trinajstić information content (AvgIpc) is 3.39. The molecule has 3 rings (SSSR count). The lowest BCUT2D eigenvalue weighted by Crippen LogP contribution is -2.56. The average molecular weight is 316 g/mol. The third-order valence-corrected chi connectivity index (χ3v) is 4.44. The minimum Gasteiger partial charge on any atom is -0.478 e. The van der Waals surface area contributed by atoms with Crippen LogP contribution < -0.4 is 4.74 Å². The highest BCUT2D eigenvalue weighted by molar-refractivity contribution is 5.85. The highest BCUT2D eigenvalue weighted by atomic mass is 16.5. The molecule has 124 valence electrons. The van der Waals surface area contributed by atoms with Crippen LogP contribution in [-0.2, 0) is 9.59 Å². The van der Waals surface area contributed by atoms with E-state index in [1.165, 1.54) is 0 Å². The van der Waals surface area contributed by atoms with Gasteiger partial charge in [0.15, 0.2) is 5.60 Å². The smallest absolute Gasteiger partial charge is 0.266 e. The zero-order valence-corrected chi connectivity index (χ0v) is 13.8. The number of amides is 2. The summed E-state index contributed by atoms with van der Waals surface area (Å²) in [6.07, 6.45) is 2.05. The van der Waals surface area contributed by atoms with Crippen molar-refractivity contribution in [1.82, 2.24) is 9.80 Å². The van der Waals surface area contributed by atoms with Gasteiger partial charge in [0.25, 0.3) is 5.91 Å². The predicted molar refractivity (Wildman–Crippen MR) is 87.0 cm³/mol. The van der Waals surface area contributed by atoms with Gasteiger partial charge in [-0.05, 0) is 38.8 Å². The summed E-state index contributed by atoms with van der Waals surface area (Å²) in [6, 6.07) is 9.39. The van der Waals surface area contributed by atoms with E-state index < -0.39 is 5.60 Å². The summed E-state index contributed by atoms with van der Waals surface area (Å²) in [7, 11) is 0. The molecule has 1 aromatic carbocycles. The number of carbonyl (C=O) groups excluding carboxylic acids is 2. The largest absolute Gasteiger partial charge is 0.478 e. The molecule has 5 heteroatoms. The summed E-state index contributed by atoms with van der Waals surface area (Å²) in [4.78, 5) is 28.5. The first-order valence-corrected chi connectivity index (χ1v) is 8.29. The van der Waals surface area contributed by atoms with Crippen LogP contribution in [-0.4, -0.2) is 53.4 Å². The van der Waals surface area contributed by atoms with Crippen molar-refractivity contribution in [3.8, 4) is 5.75 Å². The fourth-order valence-corrected chi connectivity index (χ4v) is 2.93. The summed E-state index contributed by atoms with van der Waals surface area (Å²) in [5, 5.41) is 0. The van der Waals surface area contributed by atoms with Crippen LogP contribution in [0.1, 0.15) is 26.7 Å². The molecule has 1 aliphatic heterocycles. The zero-order chi connectivity index (χ0) is 16.4. The van der Waals surface area contributed by atoms with Crippen LogP contribution in [0.5, 0.6) is 5.75 Å². The number of carbonyl (C=O) groups is 2. The molecule has 1 aliphatic carbocycles. The van der Waals surface area contributed by atoms with Gasteiger partial charge in [-0.15, -0.1) is 0 Å². The van der Waals surface area contributed by atoms with Crippen molar-refractivity contribution in [2.45, 2.75) is 32.3 Å². The van der Waals surface area contributed by atoms with E-state index in [0.717, 1.165) is 12.8 Å². The van der Waals surface area contributed by atoms with E-state index in [-0.39, 0.29) is 17.7 Å². The van der Waals surface area contributed by atoms with E-state index in [4.69, 9.17) is 4.74 Å². The maximum absolute atomic E-state index is 12.7. The Hall–Kier alpha value is -2.04. The Kier molecular flexibility index (Phi) is 4.28. The zero-order valence-electron chi connectivity index (χ0n) is 13.8. The molecule has 0 atom stereocenters. The molecule has 0 radical (unpaired) electrons. The summed E-state index contributed by atoms with van der Waals surface area (Å²) in [5.41, 5.74) is -0.913. The molecule has 1 saturated carbocycles. The van der Waals surface area contributed by atoms with Crippen LogP contribution in [0.15, 0.2) is 30.3 Å². The van der Waals surface area contributed by atoms with E-state index in [1.807, 2.05) is 35.2 Å². The van der Waals surface area contributed by atoms with Crippen LogP contribution in [0.3, 0.4) is 0 Å². The maximum Gasteiger partial charge on any atom is 0.266 e. The monoisotopic (exact) mass is 316 g/mol. The molecule has 2 amide bonds. The van der Waals surface area contributed by atoms with Gasteiger partial charge in [-0.3, -0.25) is 9.59 Å². The first-order valence-electron chi connectivity index (χ1n) is 8.29. The van der Waals surface area contributed by atoms with E-state index in [1.54, 1.807) is 18.7 Å². The lowest BCUT2D eigenvalue weighted by molar-refractivity contribution is -0.150. The topological polar surface area (TPSA) is 49.9 Å². The number of rotatable bonds is 4. The van der Waals surface area contributed by atoms with Gasteiger partial charge < -0.3 is 14.5 Å². The van der Waals surface area contributed by atoms with Gasteiger partial charge >= 0.3 is 0 Å². The Balaban J connectivity index is 1.56. The van der Waals surface area contributed by atoms with Crippen LogP contribution >= 0.6 is 0 Å². The lowest BCUT2D eigenvalue weighted by Gasteiger charge is -2.38. The summed E-state index contributed by atoms with van der Waals surface area (Å²) in [5.74, 6) is 1.17. The van der Waals surface area contributed by atoms with Gasteiger partial charge in [0.2, 0.25) is 5.91 Å². The second-order valence-corrected chi connectivity index (χ2v) is 6.82. The second kappa shape index (κ2) is 6.22. The van der Waals surface area contributed by atoms with E-state index in [2.05, 4.69) is 0 Å². The minimum atomic E-state index is -0.913. The SMILES string of the molecule is CC(C)(Oc1ccccc1)C(=O)N1CCN(C(=O)C2CC2)CC1. The van der Waals surface area contributed by atoms with E-state index >= 15 is 0 Å². The number of ether oxygens (including phenoxy) is 1. The quantitative estimate of drug-likeness (QED) is 0.853. The van der Waals surface area contributed by atoms with Crippen molar-refractivity contribution in [1.29, 1.82) is 0 Å². The van der Waals surface area contributed by atoms with Gasteiger partial charge in [-0.25, -0.2) is 0 Å². The van der Waals surface area contributed by atoms with Crippen LogP contribution in [0.2, 0.25) is 0 Å². The van der Waals surface area contributed by atoms with Crippen LogP contribution in [0.4, 0.5) is 0 Å². The predicted octanol–water partition coefficient (Wildman–Crippen LogP) is 1.92. The Morgan fingerprint density at radius 1 is 1.00 bits per heavy atom. The third kappa shape index (κ3) is 3.66. The first-order chi connectivity index (χ1) is 11.0. The fraction of sp³-hybridized carbons (Fsp3) is 0.556. The lowest BCUT2D eigenvalue weighted by atomic mass is 10.1. The van der Waals surface area contributed by atoms with E-state index in [0.29, 0.717) is 31.9 Å². The van der Waals surface area contributed by atoms with E-state index in [9.17, 15) is 9.59 Å². The molecular formula is C18H24N2O3. The number of piperazine rings is 1. The fourth-order valence-electron chi connectivity index (χ4n) is 2.93. The van der Waals surface area contributed by atoms with Gasteiger partial charge in [-0.1, -0.05) is 18.2 Å². The molecule has 0 N–H and O–H groups in total. The van der Waals surface area contributed by atoms with Crippen molar-refractivity contribution in [3.63, 3.8) is 0 Å². The van der Waals surface area contributed by atoms with Crippen molar-refractivity contribution in [2.75, 3.05) is 26.2 Å². The molecule has 1 heterocycles. The third-order valence-electron chi connectivity index (χ3n) is 4.44. The van der Waals surface area contributed by atoms with Crippen LogP contribution in [0.25, 0.3) is 0 Å². The Morgan fingerprint density at radius 3 is 2.13 bits per heavy atom. The molecule has 5 nitrogen and oxygen atoms in total. The summed E-state index contributed by atoms with van der Waals surface area (Å²) in [6.45, 7) is 6.01. The molecule has 0 unspecified atom stereocenters. The second-order valence-electron chi connectivity index (χ2n) is 6.82. The van der Waals surface area contributed by atoms with Crippen molar-refractivity contribution in [3.05, 3.63) is 30.3 Å². The molecule has 23 heavy (non-hydrogen) atoms. The molecule has 0 aromatic heterocycles. The normalized spacial score (nSPS) is 18.7. The highest BCUT2D eigenvalue weighted by Crippen LogP contribution is 2.31. The first kappa shape index (κ1) is 15.8. The van der Waals surface area contributed by atoms with Crippen molar-refractivity contribution >= 4 is 11.8 Å². The minimum absolute atomic E-state index is 0.0279. The Morgan fingerprint density at radius 2 is 1.57 bits per heavy atom. The molecule has 0 bridgehead atoms. The number of hydrogen-bond donors (Lipinski definition) is 0. The number of nitrogens with zero attached hydrogens (tertiary/aromatic N) is 2. The standard InChI is InChI=1S/C18H24N2O3/c1-18(2,23-15-6-4-3-5-7-15)17(22)20-12-10-19(11-13-20)16(21)14-8-9-14/h3-7,14H,8-13H2,1-2H3. The number of para-hydroxylation sites is 1. The molecule has 0 spiro atoms. The molecule has 2 fully saturated rings. The summed E-state index contributed by atoms with van der Waals surface area (Å²) >= 11 is 0. The van der Waals surface area contributed by atoms with Gasteiger partial charge in [0, 0.05) is 32.1 Å². The molecule has 2 aliphatic rings. The molecule has 1 saturated heterocycles. The maximum atomic E-state index is 12.7. The number of hydrogen-bond acceptors (Lipinski definition) is 3. The highest BCUT2D eigenvalue weighted by Gasteiger charge is 2.38. The van der Waals surface area contributed by atoms with Gasteiger partial charge in [0.1, 0.15) is 5.75 Å². The molecule has 1 aromatic rings. The van der Waals surface area contributed by atoms with Gasteiger partial charge in [0.05, 0.1) is 0 Å². The Bertz CT molecular complexity index is 573. The van der Waals surface area contributed by atoms with Crippen molar-refractivity contribution in [2.24, 2.45) is 5.92 Å².